The summed E-state index contributed by atoms with van der Waals surface area (Å²) in [5, 5.41) is 19.8. The molecule has 11 heteroatoms. The Morgan fingerprint density at radius 3 is 2.41 bits per heavy atom. The molecule has 0 atom stereocenters. The molecule has 4 aromatic rings. The number of amidine groups is 1. The topological polar surface area (TPSA) is 137 Å². The Hall–Kier alpha value is -4.80. The van der Waals surface area contributed by atoms with Gasteiger partial charge in [-0.15, -0.1) is 0 Å². The van der Waals surface area contributed by atoms with Crippen molar-refractivity contribution in [2.75, 3.05) is 16.8 Å². The average molecular weight is 507 g/mol. The van der Waals surface area contributed by atoms with E-state index < -0.39 is 23.5 Å². The van der Waals surface area contributed by atoms with Crippen molar-refractivity contribution in [1.29, 1.82) is 5.41 Å². The van der Waals surface area contributed by atoms with E-state index in [1.165, 1.54) is 6.07 Å². The zero-order valence-electron chi connectivity index (χ0n) is 19.8. The van der Waals surface area contributed by atoms with Crippen molar-refractivity contribution >= 4 is 40.1 Å². The van der Waals surface area contributed by atoms with Crippen LogP contribution in [-0.2, 0) is 18.4 Å². The molecule has 0 fully saturated rings. The summed E-state index contributed by atoms with van der Waals surface area (Å²) >= 11 is 0. The molecule has 0 aliphatic heterocycles. The molecule has 5 N–H and O–H groups in total. The van der Waals surface area contributed by atoms with Crippen molar-refractivity contribution in [3.63, 3.8) is 0 Å². The van der Waals surface area contributed by atoms with Crippen LogP contribution in [0.4, 0.5) is 20.2 Å². The van der Waals surface area contributed by atoms with Gasteiger partial charge in [-0.05, 0) is 54.6 Å². The number of amides is 1. The van der Waals surface area contributed by atoms with Crippen LogP contribution in [-0.4, -0.2) is 38.9 Å². The molecule has 0 spiro atoms. The average Bonchev–Trinajstić information content (AvgIpc) is 3.19. The highest BCUT2D eigenvalue weighted by Crippen LogP contribution is 2.23. The lowest BCUT2D eigenvalue weighted by molar-refractivity contribution is -0.136. The number of hydrogen-bond acceptors (Lipinski definition) is 5. The molecule has 1 aromatic heterocycles. The minimum absolute atomic E-state index is 0.0154. The molecular weight excluding hydrogens is 482 g/mol. The summed E-state index contributed by atoms with van der Waals surface area (Å²) in [5.41, 5.74) is 8.50. The van der Waals surface area contributed by atoms with Crippen LogP contribution in [0.25, 0.3) is 11.0 Å². The molecule has 0 saturated carbocycles. The van der Waals surface area contributed by atoms with Gasteiger partial charge in [0.05, 0.1) is 24.0 Å². The third kappa shape index (κ3) is 5.56. The van der Waals surface area contributed by atoms with Crippen LogP contribution in [0.1, 0.15) is 28.2 Å². The van der Waals surface area contributed by atoms with Crippen LogP contribution in [0.3, 0.4) is 0 Å². The highest BCUT2D eigenvalue weighted by atomic mass is 19.2. The van der Waals surface area contributed by atoms with Crippen molar-refractivity contribution in [2.45, 2.75) is 13.0 Å². The van der Waals surface area contributed by atoms with Crippen LogP contribution in [0.5, 0.6) is 0 Å². The number of rotatable bonds is 9. The maximum atomic E-state index is 13.8. The van der Waals surface area contributed by atoms with Gasteiger partial charge in [0.1, 0.15) is 11.7 Å². The van der Waals surface area contributed by atoms with Gasteiger partial charge in [-0.3, -0.25) is 15.0 Å². The SMILES string of the molecule is Cn1c(CNc2ccc(C(=N)N)cc2)nc2cc(C(=O)N(CCC(=O)O)c3ccc(F)c(F)c3)ccc21. The number of carbonyl (C=O) groups is 2. The summed E-state index contributed by atoms with van der Waals surface area (Å²) in [5.74, 6) is -3.23. The normalized spacial score (nSPS) is 10.9. The van der Waals surface area contributed by atoms with Crippen LogP contribution in [0, 0.1) is 17.0 Å². The molecule has 3 aromatic carbocycles. The number of nitrogens with one attached hydrogen (secondary N) is 2. The van der Waals surface area contributed by atoms with E-state index in [1.807, 2.05) is 11.6 Å². The largest absolute Gasteiger partial charge is 0.481 e. The van der Waals surface area contributed by atoms with Crippen molar-refractivity contribution in [2.24, 2.45) is 12.8 Å². The molecule has 190 valence electrons. The van der Waals surface area contributed by atoms with Gasteiger partial charge in [0.2, 0.25) is 0 Å². The number of carbonyl (C=O) groups excluding carboxylic acids is 1. The number of carboxylic acid groups (broad SMARTS) is 1. The number of carboxylic acids is 1. The summed E-state index contributed by atoms with van der Waals surface area (Å²) in [6.45, 7) is 0.157. The van der Waals surface area contributed by atoms with Crippen LogP contribution >= 0.6 is 0 Å². The Kier molecular flexibility index (Phi) is 7.14. The Morgan fingerprint density at radius 1 is 1.05 bits per heavy atom. The molecule has 0 aliphatic carbocycles. The third-order valence-corrected chi connectivity index (χ3v) is 5.88. The lowest BCUT2D eigenvalue weighted by Crippen LogP contribution is -2.33. The lowest BCUT2D eigenvalue weighted by atomic mass is 10.1. The number of anilines is 2. The number of aromatic nitrogens is 2. The van der Waals surface area contributed by atoms with Crippen molar-refractivity contribution in [1.82, 2.24) is 9.55 Å². The van der Waals surface area contributed by atoms with Gasteiger partial charge < -0.3 is 25.6 Å². The summed E-state index contributed by atoms with van der Waals surface area (Å²) in [7, 11) is 1.84. The molecule has 1 amide bonds. The number of imidazole rings is 1. The van der Waals surface area contributed by atoms with Crippen LogP contribution in [0.2, 0.25) is 0 Å². The van der Waals surface area contributed by atoms with Crippen molar-refractivity contribution in [3.05, 3.63) is 89.2 Å². The number of nitrogen functional groups attached to an aromatic ring is 1. The molecular formula is C26H24F2N6O3. The minimum Gasteiger partial charge on any atom is -0.481 e. The first kappa shape index (κ1) is 25.3. The van der Waals surface area contributed by atoms with E-state index in [1.54, 1.807) is 42.5 Å². The van der Waals surface area contributed by atoms with Gasteiger partial charge in [0.15, 0.2) is 11.6 Å². The highest BCUT2D eigenvalue weighted by Gasteiger charge is 2.21. The van der Waals surface area contributed by atoms with E-state index in [2.05, 4.69) is 10.3 Å². The molecule has 37 heavy (non-hydrogen) atoms. The third-order valence-electron chi connectivity index (χ3n) is 5.88. The monoisotopic (exact) mass is 506 g/mol. The summed E-state index contributed by atoms with van der Waals surface area (Å²) in [6, 6.07) is 14.9. The maximum Gasteiger partial charge on any atom is 0.305 e. The Balaban J connectivity index is 1.58. The maximum absolute atomic E-state index is 13.8. The van der Waals surface area contributed by atoms with E-state index in [-0.39, 0.29) is 30.1 Å². The molecule has 0 saturated heterocycles. The number of nitrogens with two attached hydrogens (primary N) is 1. The Bertz CT molecular complexity index is 1500. The summed E-state index contributed by atoms with van der Waals surface area (Å²) < 4.78 is 29.2. The fraction of sp³-hybridized carbons (Fsp3) is 0.154. The van der Waals surface area contributed by atoms with E-state index in [4.69, 9.17) is 16.2 Å². The summed E-state index contributed by atoms with van der Waals surface area (Å²) in [6.07, 6.45) is -0.375. The minimum atomic E-state index is -1.14. The first-order valence-corrected chi connectivity index (χ1v) is 11.3. The number of halogens is 2. The molecule has 0 bridgehead atoms. The fourth-order valence-electron chi connectivity index (χ4n) is 3.85. The fourth-order valence-corrected chi connectivity index (χ4v) is 3.85. The van der Waals surface area contributed by atoms with Crippen LogP contribution in [0.15, 0.2) is 60.7 Å². The zero-order chi connectivity index (χ0) is 26.7. The Morgan fingerprint density at radius 2 is 1.76 bits per heavy atom. The van der Waals surface area contributed by atoms with Gasteiger partial charge in [0, 0.05) is 42.2 Å². The van der Waals surface area contributed by atoms with E-state index in [0.29, 0.717) is 23.4 Å². The van der Waals surface area contributed by atoms with E-state index in [0.717, 1.165) is 28.2 Å². The number of fused-ring (bicyclic) bond motifs is 1. The molecule has 0 unspecified atom stereocenters. The smallest absolute Gasteiger partial charge is 0.305 e. The number of aryl methyl sites for hydroxylation is 1. The van der Waals surface area contributed by atoms with Crippen LogP contribution < -0.4 is 16.0 Å². The predicted octanol–water partition coefficient (Wildman–Crippen LogP) is 3.87. The second kappa shape index (κ2) is 10.4. The second-order valence-corrected chi connectivity index (χ2v) is 8.33. The predicted molar refractivity (Wildman–Crippen MR) is 136 cm³/mol. The standard InChI is InChI=1S/C26H24F2N6O3/c1-33-22-9-4-16(26(37)34(11-10-24(35)36)18-7-8-19(27)20(28)13-18)12-21(22)32-23(33)14-31-17-5-2-15(3-6-17)25(29)30/h2-9,12-13,31H,10-11,14H2,1H3,(H3,29,30)(H,35,36). The molecule has 1 heterocycles. The van der Waals surface area contributed by atoms with Gasteiger partial charge >= 0.3 is 5.97 Å². The van der Waals surface area contributed by atoms with Crippen molar-refractivity contribution < 1.29 is 23.5 Å². The second-order valence-electron chi connectivity index (χ2n) is 8.33. The molecule has 0 radical (unpaired) electrons. The van der Waals surface area contributed by atoms with Gasteiger partial charge in [-0.25, -0.2) is 13.8 Å². The number of nitrogens with zero attached hydrogens (tertiary/aromatic N) is 3. The number of aliphatic carboxylic acids is 1. The zero-order valence-corrected chi connectivity index (χ0v) is 19.8. The highest BCUT2D eigenvalue weighted by molar-refractivity contribution is 6.07. The van der Waals surface area contributed by atoms with Crippen molar-refractivity contribution in [3.8, 4) is 0 Å². The molecule has 0 aliphatic rings. The molecule has 9 nitrogen and oxygen atoms in total. The van der Waals surface area contributed by atoms with E-state index >= 15 is 0 Å². The Labute approximate surface area is 210 Å². The lowest BCUT2D eigenvalue weighted by Gasteiger charge is -2.22. The first-order chi connectivity index (χ1) is 17.6. The first-order valence-electron chi connectivity index (χ1n) is 11.3. The van der Waals surface area contributed by atoms with E-state index in [9.17, 15) is 18.4 Å². The molecule has 4 rings (SSSR count). The van der Waals surface area contributed by atoms with Gasteiger partial charge in [-0.1, -0.05) is 0 Å². The van der Waals surface area contributed by atoms with Gasteiger partial charge in [-0.2, -0.15) is 0 Å². The summed E-state index contributed by atoms with van der Waals surface area (Å²) in [4.78, 5) is 30.2. The number of hydrogen-bond donors (Lipinski definition) is 4. The van der Waals surface area contributed by atoms with Gasteiger partial charge in [0.25, 0.3) is 5.91 Å². The quantitative estimate of drug-likeness (QED) is 0.201. The number of benzene rings is 3.